The van der Waals surface area contributed by atoms with E-state index in [-0.39, 0.29) is 16.7 Å². The van der Waals surface area contributed by atoms with Crippen LogP contribution in [0.3, 0.4) is 0 Å². The van der Waals surface area contributed by atoms with E-state index in [1.54, 1.807) is 17.5 Å². The molecule has 5 nitrogen and oxygen atoms in total. The van der Waals surface area contributed by atoms with Crippen molar-refractivity contribution in [1.29, 1.82) is 0 Å². The number of para-hydroxylation sites is 1. The van der Waals surface area contributed by atoms with Gasteiger partial charge in [0.15, 0.2) is 0 Å². The highest BCUT2D eigenvalue weighted by Gasteiger charge is 2.40. The van der Waals surface area contributed by atoms with E-state index in [2.05, 4.69) is 5.32 Å². The zero-order valence-corrected chi connectivity index (χ0v) is 19.4. The van der Waals surface area contributed by atoms with Crippen molar-refractivity contribution in [3.63, 3.8) is 0 Å². The zero-order valence-electron chi connectivity index (χ0n) is 17.7. The summed E-state index contributed by atoms with van der Waals surface area (Å²) >= 11 is 1.16. The molecule has 166 valence electrons. The van der Waals surface area contributed by atoms with E-state index in [0.29, 0.717) is 12.1 Å². The van der Waals surface area contributed by atoms with Crippen LogP contribution in [0.4, 0.5) is 5.69 Å². The number of hydrogen-bond donors (Lipinski definition) is 1. The Kier molecular flexibility index (Phi) is 5.85. The first kappa shape index (κ1) is 21.6. The number of amides is 1. The van der Waals surface area contributed by atoms with Crippen LogP contribution in [0.25, 0.3) is 11.1 Å². The number of carbonyl (C=O) groups is 1. The Morgan fingerprint density at radius 3 is 2.30 bits per heavy atom. The maximum atomic E-state index is 13.6. The number of benzene rings is 3. The van der Waals surface area contributed by atoms with Crippen LogP contribution in [0.15, 0.2) is 101 Å². The Hall–Kier alpha value is -3.26. The van der Waals surface area contributed by atoms with E-state index in [9.17, 15) is 13.2 Å². The Morgan fingerprint density at radius 2 is 1.55 bits per heavy atom. The van der Waals surface area contributed by atoms with Crippen LogP contribution >= 0.6 is 11.3 Å². The predicted molar refractivity (Wildman–Crippen MR) is 131 cm³/mol. The molecule has 0 fully saturated rings. The molecule has 5 rings (SSSR count). The van der Waals surface area contributed by atoms with Crippen LogP contribution in [0.1, 0.15) is 11.1 Å². The van der Waals surface area contributed by atoms with Gasteiger partial charge in [-0.25, -0.2) is 8.42 Å². The minimum atomic E-state index is -3.82. The average molecular weight is 475 g/mol. The number of hydrogen-bond acceptors (Lipinski definition) is 4. The summed E-state index contributed by atoms with van der Waals surface area (Å²) in [5.41, 5.74) is 4.43. The van der Waals surface area contributed by atoms with Gasteiger partial charge in [0, 0.05) is 17.8 Å². The fourth-order valence-electron chi connectivity index (χ4n) is 4.18. The van der Waals surface area contributed by atoms with Crippen LogP contribution in [0.2, 0.25) is 0 Å². The van der Waals surface area contributed by atoms with Gasteiger partial charge >= 0.3 is 0 Å². The van der Waals surface area contributed by atoms with E-state index >= 15 is 0 Å². The molecule has 1 aliphatic rings. The molecule has 4 aromatic rings. The lowest BCUT2D eigenvalue weighted by atomic mass is 9.95. The molecular weight excluding hydrogens is 452 g/mol. The van der Waals surface area contributed by atoms with Crippen molar-refractivity contribution in [3.8, 4) is 11.1 Å². The number of sulfonamides is 1. The van der Waals surface area contributed by atoms with Gasteiger partial charge in [0.25, 0.3) is 10.0 Å². The smallest absolute Gasteiger partial charge is 0.253 e. The number of anilines is 1. The van der Waals surface area contributed by atoms with Gasteiger partial charge in [-0.3, -0.25) is 4.79 Å². The van der Waals surface area contributed by atoms with Gasteiger partial charge in [-0.05, 0) is 40.6 Å². The van der Waals surface area contributed by atoms with Gasteiger partial charge in [0.1, 0.15) is 10.3 Å². The zero-order chi connectivity index (χ0) is 22.8. The Morgan fingerprint density at radius 1 is 0.848 bits per heavy atom. The molecule has 0 radical (unpaired) electrons. The number of nitrogens with one attached hydrogen (secondary N) is 1. The highest BCUT2D eigenvalue weighted by Crippen LogP contribution is 2.33. The highest BCUT2D eigenvalue weighted by molar-refractivity contribution is 7.91. The lowest BCUT2D eigenvalue weighted by molar-refractivity contribution is -0.120. The fraction of sp³-hybridized carbons (Fsp3) is 0.115. The SMILES string of the molecule is O=C(Nc1ccccc1-c1ccccc1)C1Cc2ccccc2CN1S(=O)(=O)c1cccs1. The third-order valence-electron chi connectivity index (χ3n) is 5.84. The summed E-state index contributed by atoms with van der Waals surface area (Å²) < 4.78 is 28.5. The van der Waals surface area contributed by atoms with E-state index in [0.717, 1.165) is 33.6 Å². The van der Waals surface area contributed by atoms with E-state index in [1.807, 2.05) is 78.9 Å². The second-order valence-electron chi connectivity index (χ2n) is 7.87. The van der Waals surface area contributed by atoms with Crippen molar-refractivity contribution in [1.82, 2.24) is 4.31 Å². The summed E-state index contributed by atoms with van der Waals surface area (Å²) in [4.78, 5) is 13.6. The molecular formula is C26H22N2O3S2. The molecule has 1 N–H and O–H groups in total. The lowest BCUT2D eigenvalue weighted by Crippen LogP contribution is -2.50. The first-order chi connectivity index (χ1) is 16.0. The number of thiophene rings is 1. The topological polar surface area (TPSA) is 66.5 Å². The largest absolute Gasteiger partial charge is 0.324 e. The molecule has 1 aliphatic heterocycles. The molecule has 0 bridgehead atoms. The number of nitrogens with zero attached hydrogens (tertiary/aromatic N) is 1. The lowest BCUT2D eigenvalue weighted by Gasteiger charge is -2.34. The molecule has 33 heavy (non-hydrogen) atoms. The van der Waals surface area contributed by atoms with Crippen LogP contribution < -0.4 is 5.32 Å². The fourth-order valence-corrected chi connectivity index (χ4v) is 6.86. The highest BCUT2D eigenvalue weighted by atomic mass is 32.2. The molecule has 0 aliphatic carbocycles. The van der Waals surface area contributed by atoms with Crippen molar-refractivity contribution < 1.29 is 13.2 Å². The van der Waals surface area contributed by atoms with Crippen molar-refractivity contribution in [3.05, 3.63) is 108 Å². The Labute approximate surface area is 197 Å². The van der Waals surface area contributed by atoms with Crippen LogP contribution in [-0.2, 0) is 27.8 Å². The van der Waals surface area contributed by atoms with Gasteiger partial charge in [0.2, 0.25) is 5.91 Å². The molecule has 7 heteroatoms. The molecule has 2 heterocycles. The summed E-state index contributed by atoms with van der Waals surface area (Å²) in [6.45, 7) is 0.162. The molecule has 1 amide bonds. The molecule has 1 unspecified atom stereocenters. The van der Waals surface area contributed by atoms with Crippen molar-refractivity contribution >= 4 is 33.0 Å². The van der Waals surface area contributed by atoms with Crippen molar-refractivity contribution in [2.45, 2.75) is 23.2 Å². The molecule has 0 saturated heterocycles. The summed E-state index contributed by atoms with van der Waals surface area (Å²) in [6, 6.07) is 27.5. The van der Waals surface area contributed by atoms with Gasteiger partial charge in [0.05, 0.1) is 0 Å². The van der Waals surface area contributed by atoms with Crippen molar-refractivity contribution in [2.75, 3.05) is 5.32 Å². The Bertz CT molecular complexity index is 1380. The summed E-state index contributed by atoms with van der Waals surface area (Å²) in [6.07, 6.45) is 0.320. The number of rotatable bonds is 5. The van der Waals surface area contributed by atoms with Gasteiger partial charge < -0.3 is 5.32 Å². The summed E-state index contributed by atoms with van der Waals surface area (Å²) in [5, 5.41) is 4.75. The second-order valence-corrected chi connectivity index (χ2v) is 10.9. The number of carbonyl (C=O) groups excluding carboxylic acids is 1. The molecule has 3 aromatic carbocycles. The third kappa shape index (κ3) is 4.23. The predicted octanol–water partition coefficient (Wildman–Crippen LogP) is 5.17. The van der Waals surface area contributed by atoms with Gasteiger partial charge in [-0.1, -0.05) is 78.9 Å². The molecule has 0 spiro atoms. The van der Waals surface area contributed by atoms with Crippen LogP contribution in [0, 0.1) is 0 Å². The van der Waals surface area contributed by atoms with Gasteiger partial charge in [-0.2, -0.15) is 4.31 Å². The maximum Gasteiger partial charge on any atom is 0.253 e. The van der Waals surface area contributed by atoms with Gasteiger partial charge in [-0.15, -0.1) is 11.3 Å². The minimum Gasteiger partial charge on any atom is -0.324 e. The monoisotopic (exact) mass is 474 g/mol. The van der Waals surface area contributed by atoms with E-state index in [1.165, 1.54) is 4.31 Å². The van der Waals surface area contributed by atoms with Crippen molar-refractivity contribution in [2.24, 2.45) is 0 Å². The maximum absolute atomic E-state index is 13.6. The minimum absolute atomic E-state index is 0.162. The molecule has 0 saturated carbocycles. The average Bonchev–Trinajstić information content (AvgIpc) is 3.40. The Balaban J connectivity index is 1.51. The normalized spacial score (nSPS) is 16.2. The quantitative estimate of drug-likeness (QED) is 0.434. The molecule has 1 aromatic heterocycles. The summed E-state index contributed by atoms with van der Waals surface area (Å²) in [5.74, 6) is -0.340. The van der Waals surface area contributed by atoms with Crippen LogP contribution in [-0.4, -0.2) is 24.7 Å². The first-order valence-electron chi connectivity index (χ1n) is 10.6. The first-order valence-corrected chi connectivity index (χ1v) is 12.9. The summed E-state index contributed by atoms with van der Waals surface area (Å²) in [7, 11) is -3.82. The molecule has 1 atom stereocenters. The third-order valence-corrected chi connectivity index (χ3v) is 9.06. The number of fused-ring (bicyclic) bond motifs is 1. The van der Waals surface area contributed by atoms with Crippen LogP contribution in [0.5, 0.6) is 0 Å². The second kappa shape index (κ2) is 8.94. The van der Waals surface area contributed by atoms with E-state index in [4.69, 9.17) is 0 Å². The standard InChI is InChI=1S/C26H22N2O3S2/c29-26(27-23-14-7-6-13-22(23)19-9-2-1-3-10-19)24-17-20-11-4-5-12-21(20)18-28(24)33(30,31)25-15-8-16-32-25/h1-16,24H,17-18H2,(H,27,29). The van der Waals surface area contributed by atoms with E-state index < -0.39 is 16.1 Å².